The van der Waals surface area contributed by atoms with Crippen molar-refractivity contribution >= 4 is 39.1 Å². The van der Waals surface area contributed by atoms with Crippen LogP contribution in [0.3, 0.4) is 0 Å². The fraction of sp³-hybridized carbons (Fsp3) is 0.143. The number of primary amides is 1. The molecule has 0 saturated carbocycles. The third-order valence-electron chi connectivity index (χ3n) is 6.24. The minimum absolute atomic E-state index is 0.434. The van der Waals surface area contributed by atoms with E-state index >= 15 is 0 Å². The quantitative estimate of drug-likeness (QED) is 0.387. The maximum Gasteiger partial charge on any atom is 0.250 e. The predicted molar refractivity (Wildman–Crippen MR) is 140 cm³/mol. The Kier molecular flexibility index (Phi) is 5.74. The van der Waals surface area contributed by atoms with Crippen LogP contribution in [0, 0.1) is 6.92 Å². The average Bonchev–Trinajstić information content (AvgIpc) is 2.84. The molecule has 174 valence electrons. The summed E-state index contributed by atoms with van der Waals surface area (Å²) in [5.41, 5.74) is 17.9. The van der Waals surface area contributed by atoms with Crippen LogP contribution >= 0.6 is 0 Å². The number of carbonyl (C=O) groups is 1. The van der Waals surface area contributed by atoms with E-state index in [1.54, 1.807) is 24.5 Å². The van der Waals surface area contributed by atoms with Gasteiger partial charge in [-0.3, -0.25) is 14.8 Å². The van der Waals surface area contributed by atoms with Crippen molar-refractivity contribution in [3.8, 4) is 0 Å². The Labute approximate surface area is 203 Å². The van der Waals surface area contributed by atoms with Crippen molar-refractivity contribution in [1.82, 2.24) is 15.0 Å². The molecule has 5 aromatic rings. The minimum atomic E-state index is -0.481. The maximum atomic E-state index is 12.0. The van der Waals surface area contributed by atoms with Crippen LogP contribution in [0.2, 0.25) is 0 Å². The lowest BCUT2D eigenvalue weighted by Gasteiger charge is -2.25. The SMILES string of the molecule is Cc1ccc2c(N(C)Cc3ccc4c(N)nccc4c3)c(Cc3ncccc3C(N)=O)ccc2n1. The summed E-state index contributed by atoms with van der Waals surface area (Å²) >= 11 is 0. The summed E-state index contributed by atoms with van der Waals surface area (Å²) in [6, 6.07) is 19.9. The molecular weight excluding hydrogens is 436 g/mol. The van der Waals surface area contributed by atoms with Gasteiger partial charge in [0.05, 0.1) is 16.8 Å². The van der Waals surface area contributed by atoms with E-state index in [-0.39, 0.29) is 0 Å². The van der Waals surface area contributed by atoms with Crippen LogP contribution in [-0.4, -0.2) is 27.9 Å². The van der Waals surface area contributed by atoms with Gasteiger partial charge in [-0.2, -0.15) is 0 Å². The molecule has 7 heteroatoms. The normalized spacial score (nSPS) is 11.1. The number of aryl methyl sites for hydroxylation is 1. The lowest BCUT2D eigenvalue weighted by atomic mass is 9.99. The molecule has 0 atom stereocenters. The van der Waals surface area contributed by atoms with Crippen LogP contribution in [0.5, 0.6) is 0 Å². The highest BCUT2D eigenvalue weighted by molar-refractivity contribution is 5.96. The molecule has 0 unspecified atom stereocenters. The lowest BCUT2D eigenvalue weighted by molar-refractivity contribution is 0.0999. The fourth-order valence-corrected chi connectivity index (χ4v) is 4.61. The van der Waals surface area contributed by atoms with Crippen LogP contribution in [-0.2, 0) is 13.0 Å². The Morgan fingerprint density at radius 2 is 1.80 bits per heavy atom. The predicted octanol–water partition coefficient (Wildman–Crippen LogP) is 4.39. The van der Waals surface area contributed by atoms with E-state index in [1.807, 2.05) is 31.2 Å². The molecule has 0 aliphatic rings. The molecule has 1 amide bonds. The van der Waals surface area contributed by atoms with Crippen molar-refractivity contribution in [3.05, 3.63) is 101 Å². The first-order valence-electron chi connectivity index (χ1n) is 11.4. The summed E-state index contributed by atoms with van der Waals surface area (Å²) in [4.78, 5) is 27.6. The molecule has 0 spiro atoms. The number of hydrogen-bond donors (Lipinski definition) is 2. The number of pyridine rings is 3. The molecule has 0 aliphatic carbocycles. The van der Waals surface area contributed by atoms with E-state index in [9.17, 15) is 4.79 Å². The van der Waals surface area contributed by atoms with Crippen LogP contribution in [0.4, 0.5) is 11.5 Å². The molecule has 0 fully saturated rings. The number of hydrogen-bond acceptors (Lipinski definition) is 6. The number of amides is 1. The highest BCUT2D eigenvalue weighted by Crippen LogP contribution is 2.33. The van der Waals surface area contributed by atoms with Crippen molar-refractivity contribution in [2.24, 2.45) is 5.73 Å². The van der Waals surface area contributed by atoms with Crippen LogP contribution in [0.25, 0.3) is 21.7 Å². The number of rotatable bonds is 6. The van der Waals surface area contributed by atoms with Gasteiger partial charge >= 0.3 is 0 Å². The number of nitrogens with two attached hydrogens (primary N) is 2. The number of benzene rings is 2. The highest BCUT2D eigenvalue weighted by atomic mass is 16.1. The Balaban J connectivity index is 1.59. The van der Waals surface area contributed by atoms with E-state index in [1.165, 1.54) is 0 Å². The molecule has 0 aliphatic heterocycles. The van der Waals surface area contributed by atoms with E-state index in [4.69, 9.17) is 16.5 Å². The Morgan fingerprint density at radius 1 is 0.971 bits per heavy atom. The topological polar surface area (TPSA) is 111 Å². The van der Waals surface area contributed by atoms with E-state index in [2.05, 4.69) is 46.2 Å². The maximum absolute atomic E-state index is 12.0. The van der Waals surface area contributed by atoms with Gasteiger partial charge < -0.3 is 16.4 Å². The van der Waals surface area contributed by atoms with Gasteiger partial charge in [0, 0.05) is 54.6 Å². The van der Waals surface area contributed by atoms with Crippen LogP contribution in [0.15, 0.2) is 73.1 Å². The number of anilines is 2. The second-order valence-electron chi connectivity index (χ2n) is 8.74. The zero-order valence-electron chi connectivity index (χ0n) is 19.7. The molecular formula is C28H26N6O. The Morgan fingerprint density at radius 3 is 2.63 bits per heavy atom. The standard InChI is InChI=1S/C28H26N6O/c1-17-5-8-22-24(33-17)10-7-20(15-25-23(28(30)35)4-3-12-31-25)26(22)34(2)16-18-6-9-21-19(14-18)11-13-32-27(21)29/h3-14H,15-16H2,1-2H3,(H2,29,32)(H2,30,35). The first-order chi connectivity index (χ1) is 16.9. The molecule has 0 saturated heterocycles. The molecule has 0 bridgehead atoms. The van der Waals surface area contributed by atoms with Crippen molar-refractivity contribution in [3.63, 3.8) is 0 Å². The van der Waals surface area contributed by atoms with Gasteiger partial charge in [0.2, 0.25) is 0 Å². The van der Waals surface area contributed by atoms with Gasteiger partial charge in [0.25, 0.3) is 5.91 Å². The van der Waals surface area contributed by atoms with E-state index in [0.717, 1.165) is 44.2 Å². The van der Waals surface area contributed by atoms with Gasteiger partial charge in [0.15, 0.2) is 0 Å². The largest absolute Gasteiger partial charge is 0.383 e. The third kappa shape index (κ3) is 4.36. The zero-order chi connectivity index (χ0) is 24.5. The van der Waals surface area contributed by atoms with Crippen molar-refractivity contribution in [1.29, 1.82) is 0 Å². The molecule has 2 aromatic carbocycles. The minimum Gasteiger partial charge on any atom is -0.383 e. The fourth-order valence-electron chi connectivity index (χ4n) is 4.61. The number of nitrogen functional groups attached to an aromatic ring is 1. The summed E-state index contributed by atoms with van der Waals surface area (Å²) in [5.74, 6) is 0.0480. The molecule has 7 nitrogen and oxygen atoms in total. The third-order valence-corrected chi connectivity index (χ3v) is 6.24. The first kappa shape index (κ1) is 22.3. The van der Waals surface area contributed by atoms with Crippen molar-refractivity contribution < 1.29 is 4.79 Å². The molecule has 35 heavy (non-hydrogen) atoms. The zero-order valence-corrected chi connectivity index (χ0v) is 19.7. The molecule has 3 aromatic heterocycles. The van der Waals surface area contributed by atoms with Gasteiger partial charge in [-0.1, -0.05) is 18.2 Å². The number of fused-ring (bicyclic) bond motifs is 2. The summed E-state index contributed by atoms with van der Waals surface area (Å²) < 4.78 is 0. The highest BCUT2D eigenvalue weighted by Gasteiger charge is 2.17. The van der Waals surface area contributed by atoms with E-state index < -0.39 is 5.91 Å². The number of nitrogens with zero attached hydrogens (tertiary/aromatic N) is 4. The van der Waals surface area contributed by atoms with Gasteiger partial charge in [-0.25, -0.2) is 4.98 Å². The van der Waals surface area contributed by atoms with Crippen LogP contribution in [0.1, 0.15) is 32.9 Å². The second kappa shape index (κ2) is 9.02. The van der Waals surface area contributed by atoms with Crippen molar-refractivity contribution in [2.75, 3.05) is 17.7 Å². The molecule has 4 N–H and O–H groups in total. The smallest absolute Gasteiger partial charge is 0.250 e. The summed E-state index contributed by atoms with van der Waals surface area (Å²) in [7, 11) is 2.07. The number of aromatic nitrogens is 3. The second-order valence-corrected chi connectivity index (χ2v) is 8.74. The van der Waals surface area contributed by atoms with Gasteiger partial charge in [-0.15, -0.1) is 0 Å². The molecule has 3 heterocycles. The Bertz CT molecular complexity index is 1580. The summed E-state index contributed by atoms with van der Waals surface area (Å²) in [6.07, 6.45) is 3.89. The summed E-state index contributed by atoms with van der Waals surface area (Å²) in [5, 5.41) is 3.04. The van der Waals surface area contributed by atoms with Gasteiger partial charge in [-0.05, 0) is 65.9 Å². The van der Waals surface area contributed by atoms with Gasteiger partial charge in [0.1, 0.15) is 5.82 Å². The molecule has 0 radical (unpaired) electrons. The summed E-state index contributed by atoms with van der Waals surface area (Å²) in [6.45, 7) is 2.66. The van der Waals surface area contributed by atoms with Crippen molar-refractivity contribution in [2.45, 2.75) is 19.9 Å². The molecule has 5 rings (SSSR count). The average molecular weight is 463 g/mol. The Hall–Kier alpha value is -4.52. The first-order valence-corrected chi connectivity index (χ1v) is 11.4. The van der Waals surface area contributed by atoms with Crippen LogP contribution < -0.4 is 16.4 Å². The van der Waals surface area contributed by atoms with E-state index in [0.29, 0.717) is 30.0 Å². The lowest BCUT2D eigenvalue weighted by Crippen LogP contribution is -2.20. The monoisotopic (exact) mass is 462 g/mol. The number of carbonyl (C=O) groups excluding carboxylic acids is 1.